The molecule has 0 spiro atoms. The molecule has 0 amide bonds. The number of nitrogens with one attached hydrogen (secondary N) is 1. The number of hydrogen-bond donors (Lipinski definition) is 1. The number of hydrogen-bond acceptors (Lipinski definition) is 5. The van der Waals surface area contributed by atoms with Crippen LogP contribution >= 0.6 is 0 Å². The van der Waals surface area contributed by atoms with Crippen LogP contribution in [0.2, 0.25) is 0 Å². The van der Waals surface area contributed by atoms with Crippen LogP contribution in [0.4, 0.5) is 0 Å². The van der Waals surface area contributed by atoms with Crippen molar-refractivity contribution >= 4 is 10.0 Å². The third-order valence-corrected chi connectivity index (χ3v) is 5.26. The first-order chi connectivity index (χ1) is 9.90. The van der Waals surface area contributed by atoms with Crippen LogP contribution in [0.15, 0.2) is 17.0 Å². The second-order valence-electron chi connectivity index (χ2n) is 5.26. The van der Waals surface area contributed by atoms with Gasteiger partial charge in [-0.15, -0.1) is 0 Å². The summed E-state index contributed by atoms with van der Waals surface area (Å²) in [4.78, 5) is 0.206. The van der Waals surface area contributed by atoms with Crippen LogP contribution in [-0.2, 0) is 16.6 Å². The van der Waals surface area contributed by atoms with Crippen molar-refractivity contribution in [3.8, 4) is 11.5 Å². The van der Waals surface area contributed by atoms with Crippen molar-refractivity contribution in [2.24, 2.45) is 0 Å². The van der Waals surface area contributed by atoms with Crippen LogP contribution in [0.3, 0.4) is 0 Å². The number of nitrogens with zero attached hydrogens (tertiary/aromatic N) is 1. The Balaban J connectivity index is 2.44. The number of ether oxygens (including phenoxy) is 2. The summed E-state index contributed by atoms with van der Waals surface area (Å²) in [6, 6.07) is 3.66. The quantitative estimate of drug-likeness (QED) is 0.819. The molecule has 0 atom stereocenters. The van der Waals surface area contributed by atoms with Crippen LogP contribution in [0.25, 0.3) is 0 Å². The third kappa shape index (κ3) is 3.48. The van der Waals surface area contributed by atoms with Crippen LogP contribution in [0.1, 0.15) is 18.4 Å². The van der Waals surface area contributed by atoms with E-state index in [4.69, 9.17) is 9.47 Å². The molecule has 0 radical (unpaired) electrons. The van der Waals surface area contributed by atoms with Crippen molar-refractivity contribution in [2.75, 3.05) is 28.3 Å². The average Bonchev–Trinajstić information content (AvgIpc) is 3.27. The largest absolute Gasteiger partial charge is 0.493 e. The molecule has 1 aliphatic rings. The Kier molecular flexibility index (Phi) is 4.75. The van der Waals surface area contributed by atoms with Gasteiger partial charge in [-0.1, -0.05) is 0 Å². The lowest BCUT2D eigenvalue weighted by Crippen LogP contribution is -2.23. The van der Waals surface area contributed by atoms with E-state index in [2.05, 4.69) is 5.32 Å². The molecule has 7 heteroatoms. The Bertz CT molecular complexity index is 610. The van der Waals surface area contributed by atoms with E-state index in [1.54, 1.807) is 13.2 Å². The fourth-order valence-corrected chi connectivity index (χ4v) is 3.02. The summed E-state index contributed by atoms with van der Waals surface area (Å²) in [5.41, 5.74) is 0.782. The first kappa shape index (κ1) is 16.1. The fraction of sp³-hybridized carbons (Fsp3) is 0.571. The summed E-state index contributed by atoms with van der Waals surface area (Å²) in [7, 11) is 2.56. The lowest BCUT2D eigenvalue weighted by molar-refractivity contribution is 0.349. The summed E-state index contributed by atoms with van der Waals surface area (Å²) in [6.07, 6.45) is 2.32. The predicted octanol–water partition coefficient (Wildman–Crippen LogP) is 1.21. The van der Waals surface area contributed by atoms with Gasteiger partial charge in [0.25, 0.3) is 0 Å². The highest BCUT2D eigenvalue weighted by Gasteiger charge is 2.24. The summed E-state index contributed by atoms with van der Waals surface area (Å²) < 4.78 is 36.5. The molecule has 0 bridgehead atoms. The van der Waals surface area contributed by atoms with E-state index in [-0.39, 0.29) is 4.90 Å². The Morgan fingerprint density at radius 1 is 1.24 bits per heavy atom. The van der Waals surface area contributed by atoms with Crippen molar-refractivity contribution in [1.29, 1.82) is 0 Å². The minimum Gasteiger partial charge on any atom is -0.493 e. The summed E-state index contributed by atoms with van der Waals surface area (Å²) in [5.74, 6) is 0.997. The van der Waals surface area contributed by atoms with Gasteiger partial charge in [0.05, 0.1) is 19.1 Å². The fourth-order valence-electron chi connectivity index (χ4n) is 2.05. The average molecular weight is 314 g/mol. The maximum atomic E-state index is 12.3. The van der Waals surface area contributed by atoms with E-state index in [0.29, 0.717) is 24.1 Å². The molecule has 6 nitrogen and oxygen atoms in total. The number of rotatable bonds is 7. The van der Waals surface area contributed by atoms with Crippen LogP contribution in [-0.4, -0.2) is 47.1 Å². The molecule has 0 aliphatic heterocycles. The van der Waals surface area contributed by atoms with E-state index in [9.17, 15) is 8.42 Å². The molecular weight excluding hydrogens is 292 g/mol. The van der Waals surface area contributed by atoms with Gasteiger partial charge in [-0.25, -0.2) is 12.7 Å². The second-order valence-corrected chi connectivity index (χ2v) is 7.41. The van der Waals surface area contributed by atoms with Gasteiger partial charge >= 0.3 is 0 Å². The normalized spacial score (nSPS) is 15.3. The highest BCUT2D eigenvalue weighted by molar-refractivity contribution is 7.89. The Labute approximate surface area is 126 Å². The van der Waals surface area contributed by atoms with Gasteiger partial charge < -0.3 is 14.8 Å². The first-order valence-corrected chi connectivity index (χ1v) is 8.25. The number of sulfonamides is 1. The topological polar surface area (TPSA) is 67.9 Å². The number of methoxy groups -OCH3 is 2. The smallest absolute Gasteiger partial charge is 0.242 e. The standard InChI is InChI=1S/C14H22N2O4S/c1-16(2)21(17,18)12-7-10(9-15-11-5-6-11)14(20-4)13(8-12)19-3/h7-8,11,15H,5-6,9H2,1-4H3. The van der Waals surface area contributed by atoms with Gasteiger partial charge in [0.2, 0.25) is 10.0 Å². The Hall–Kier alpha value is -1.31. The maximum Gasteiger partial charge on any atom is 0.242 e. The summed E-state index contributed by atoms with van der Waals surface area (Å²) in [5, 5.41) is 3.36. The molecular formula is C14H22N2O4S. The molecule has 0 saturated heterocycles. The van der Waals surface area contributed by atoms with E-state index in [1.165, 1.54) is 31.6 Å². The Morgan fingerprint density at radius 2 is 1.90 bits per heavy atom. The van der Waals surface area contributed by atoms with Crippen LogP contribution in [0, 0.1) is 0 Å². The minimum atomic E-state index is -3.51. The van der Waals surface area contributed by atoms with E-state index in [1.807, 2.05) is 0 Å². The molecule has 21 heavy (non-hydrogen) atoms. The van der Waals surface area contributed by atoms with Gasteiger partial charge in [-0.05, 0) is 18.9 Å². The summed E-state index contributed by atoms with van der Waals surface area (Å²) in [6.45, 7) is 0.557. The van der Waals surface area contributed by atoms with Gasteiger partial charge in [0, 0.05) is 38.3 Å². The van der Waals surface area contributed by atoms with E-state index < -0.39 is 10.0 Å². The molecule has 1 fully saturated rings. The molecule has 1 saturated carbocycles. The molecule has 118 valence electrons. The third-order valence-electron chi connectivity index (χ3n) is 3.47. The minimum absolute atomic E-state index is 0.206. The molecule has 1 aromatic carbocycles. The monoisotopic (exact) mass is 314 g/mol. The molecule has 2 rings (SSSR count). The molecule has 0 heterocycles. The second kappa shape index (κ2) is 6.21. The highest BCUT2D eigenvalue weighted by Crippen LogP contribution is 2.35. The van der Waals surface area contributed by atoms with Gasteiger partial charge in [0.1, 0.15) is 0 Å². The van der Waals surface area contributed by atoms with Crippen molar-refractivity contribution in [3.63, 3.8) is 0 Å². The Morgan fingerprint density at radius 3 is 2.38 bits per heavy atom. The predicted molar refractivity (Wildman–Crippen MR) is 80.3 cm³/mol. The van der Waals surface area contributed by atoms with Gasteiger partial charge in [-0.2, -0.15) is 0 Å². The van der Waals surface area contributed by atoms with E-state index in [0.717, 1.165) is 18.4 Å². The van der Waals surface area contributed by atoms with Crippen molar-refractivity contribution in [1.82, 2.24) is 9.62 Å². The zero-order valence-corrected chi connectivity index (χ0v) is 13.7. The van der Waals surface area contributed by atoms with Crippen molar-refractivity contribution in [3.05, 3.63) is 17.7 Å². The van der Waals surface area contributed by atoms with Gasteiger partial charge in [-0.3, -0.25) is 0 Å². The molecule has 1 aliphatic carbocycles. The highest BCUT2D eigenvalue weighted by atomic mass is 32.2. The molecule has 0 aromatic heterocycles. The molecule has 1 aromatic rings. The van der Waals surface area contributed by atoms with Crippen molar-refractivity contribution < 1.29 is 17.9 Å². The number of benzene rings is 1. The van der Waals surface area contributed by atoms with E-state index >= 15 is 0 Å². The zero-order valence-electron chi connectivity index (χ0n) is 12.8. The SMILES string of the molecule is COc1cc(S(=O)(=O)N(C)C)cc(CNC2CC2)c1OC. The van der Waals surface area contributed by atoms with Crippen molar-refractivity contribution in [2.45, 2.75) is 30.3 Å². The molecule has 1 N–H and O–H groups in total. The zero-order chi connectivity index (χ0) is 15.6. The van der Waals surface area contributed by atoms with Crippen LogP contribution < -0.4 is 14.8 Å². The maximum absolute atomic E-state index is 12.3. The summed E-state index contributed by atoms with van der Waals surface area (Å²) >= 11 is 0. The lowest BCUT2D eigenvalue weighted by atomic mass is 10.2. The first-order valence-electron chi connectivity index (χ1n) is 6.81. The van der Waals surface area contributed by atoms with Crippen LogP contribution in [0.5, 0.6) is 11.5 Å². The van der Waals surface area contributed by atoms with Gasteiger partial charge in [0.15, 0.2) is 11.5 Å². The molecule has 0 unspecified atom stereocenters. The lowest BCUT2D eigenvalue weighted by Gasteiger charge is -2.17.